The van der Waals surface area contributed by atoms with Crippen molar-refractivity contribution in [3.05, 3.63) is 74.7 Å². The lowest BCUT2D eigenvalue weighted by molar-refractivity contribution is 0.0856. The van der Waals surface area contributed by atoms with Crippen molar-refractivity contribution in [2.75, 3.05) is 36.8 Å². The fourth-order valence-corrected chi connectivity index (χ4v) is 5.89. The van der Waals surface area contributed by atoms with Gasteiger partial charge >= 0.3 is 0 Å². The van der Waals surface area contributed by atoms with Crippen LogP contribution in [0, 0.1) is 23.7 Å². The largest absolute Gasteiger partial charge is 0.486 e. The highest BCUT2D eigenvalue weighted by molar-refractivity contribution is 6.36. The molecule has 2 aromatic heterocycles. The van der Waals surface area contributed by atoms with Crippen LogP contribution in [0.2, 0.25) is 10.0 Å². The van der Waals surface area contributed by atoms with Gasteiger partial charge < -0.3 is 15.4 Å². The lowest BCUT2D eigenvalue weighted by Gasteiger charge is -2.54. The van der Waals surface area contributed by atoms with E-state index in [1.807, 2.05) is 6.92 Å². The zero-order valence-corrected chi connectivity index (χ0v) is 24.4. The SMILES string of the molecule is CCN(CC)C1(C)CN(c2ncc(C(=N)c3cc(O[C@H](C)c4c(Cl)cnc(C)c4Cl)ccc3N)cc2C#N)C1. The number of aromatic nitrogens is 2. The van der Waals surface area contributed by atoms with E-state index < -0.39 is 6.10 Å². The molecular weight excluding hydrogens is 533 g/mol. The minimum atomic E-state index is -0.470. The van der Waals surface area contributed by atoms with Crippen molar-refractivity contribution >= 4 is 40.4 Å². The number of anilines is 2. The van der Waals surface area contributed by atoms with Crippen LogP contribution in [0.15, 0.2) is 36.7 Å². The normalized spacial score (nSPS) is 15.0. The number of rotatable bonds is 9. The summed E-state index contributed by atoms with van der Waals surface area (Å²) in [6, 6.07) is 9.09. The molecule has 1 aliphatic heterocycles. The maximum Gasteiger partial charge on any atom is 0.146 e. The Balaban J connectivity index is 1.56. The van der Waals surface area contributed by atoms with Gasteiger partial charge in [0.05, 0.1) is 32.6 Å². The van der Waals surface area contributed by atoms with Gasteiger partial charge in [-0.25, -0.2) is 4.98 Å². The molecule has 3 heterocycles. The molecule has 1 saturated heterocycles. The molecule has 4 rings (SSSR count). The Bertz CT molecular complexity index is 1440. The van der Waals surface area contributed by atoms with Crippen LogP contribution in [0.4, 0.5) is 11.5 Å². The molecule has 1 aromatic carbocycles. The minimum Gasteiger partial charge on any atom is -0.486 e. The molecule has 3 N–H and O–H groups in total. The summed E-state index contributed by atoms with van der Waals surface area (Å²) in [7, 11) is 0. The molecule has 3 aromatic rings. The van der Waals surface area contributed by atoms with Gasteiger partial charge in [0.15, 0.2) is 0 Å². The molecule has 0 spiro atoms. The number of nitrogens with zero attached hydrogens (tertiary/aromatic N) is 5. The predicted molar refractivity (Wildman–Crippen MR) is 157 cm³/mol. The van der Waals surface area contributed by atoms with E-state index in [4.69, 9.17) is 39.1 Å². The standard InChI is InChI=1S/C29H33Cl2N7O/c1-6-38(7-2)29(5)15-37(16-29)28-19(12-32)10-20(13-36-28)27(34)22-11-21(8-9-24(22)33)39-18(4)25-23(30)14-35-17(3)26(25)31/h8-11,13-14,18,34H,6-7,15-16,33H2,1-5H3/t18-/m1/s1. The minimum absolute atomic E-state index is 0.0543. The third-order valence-corrected chi connectivity index (χ3v) is 8.14. The molecule has 1 atom stereocenters. The maximum atomic E-state index is 9.90. The third kappa shape index (κ3) is 5.53. The van der Waals surface area contributed by atoms with Crippen LogP contribution in [-0.4, -0.2) is 52.3 Å². The first-order chi connectivity index (χ1) is 18.5. The molecule has 39 heavy (non-hydrogen) atoms. The fraction of sp³-hybridized carbons (Fsp3) is 0.379. The number of nitriles is 1. The Kier molecular flexibility index (Phi) is 8.36. The highest BCUT2D eigenvalue weighted by atomic mass is 35.5. The van der Waals surface area contributed by atoms with Gasteiger partial charge in [-0.3, -0.25) is 15.3 Å². The number of pyridine rings is 2. The quantitative estimate of drug-likeness (QED) is 0.240. The molecule has 204 valence electrons. The molecule has 0 radical (unpaired) electrons. The van der Waals surface area contributed by atoms with Gasteiger partial charge in [0.1, 0.15) is 23.7 Å². The molecule has 0 saturated carbocycles. The van der Waals surface area contributed by atoms with Gasteiger partial charge in [0.25, 0.3) is 0 Å². The summed E-state index contributed by atoms with van der Waals surface area (Å²) in [6.07, 6.45) is 2.71. The Morgan fingerprint density at radius 2 is 1.92 bits per heavy atom. The molecule has 0 unspecified atom stereocenters. The molecule has 8 nitrogen and oxygen atoms in total. The van der Waals surface area contributed by atoms with E-state index in [1.54, 1.807) is 43.6 Å². The summed E-state index contributed by atoms with van der Waals surface area (Å²) < 4.78 is 6.15. The van der Waals surface area contributed by atoms with Crippen molar-refractivity contribution in [2.45, 2.75) is 46.3 Å². The Labute approximate surface area is 239 Å². The van der Waals surface area contributed by atoms with Crippen LogP contribution in [0.1, 0.15) is 61.7 Å². The number of ether oxygens (including phenoxy) is 1. The summed E-state index contributed by atoms with van der Waals surface area (Å²) in [5.74, 6) is 1.14. The summed E-state index contributed by atoms with van der Waals surface area (Å²) in [6.45, 7) is 13.7. The maximum absolute atomic E-state index is 9.90. The number of benzene rings is 1. The van der Waals surface area contributed by atoms with Crippen molar-refractivity contribution in [2.24, 2.45) is 0 Å². The van der Waals surface area contributed by atoms with Crippen LogP contribution in [0.25, 0.3) is 0 Å². The number of hydrogen-bond acceptors (Lipinski definition) is 8. The van der Waals surface area contributed by atoms with Crippen molar-refractivity contribution in [3.63, 3.8) is 0 Å². The van der Waals surface area contributed by atoms with Crippen molar-refractivity contribution in [1.82, 2.24) is 14.9 Å². The van der Waals surface area contributed by atoms with Crippen LogP contribution >= 0.6 is 23.2 Å². The van der Waals surface area contributed by atoms with Crippen LogP contribution in [-0.2, 0) is 0 Å². The highest BCUT2D eigenvalue weighted by Gasteiger charge is 2.43. The second kappa shape index (κ2) is 11.4. The molecule has 1 aliphatic rings. The van der Waals surface area contributed by atoms with Crippen molar-refractivity contribution in [1.29, 1.82) is 10.7 Å². The van der Waals surface area contributed by atoms with Gasteiger partial charge in [0, 0.05) is 47.9 Å². The van der Waals surface area contributed by atoms with Crippen molar-refractivity contribution in [3.8, 4) is 11.8 Å². The number of halogens is 2. The van der Waals surface area contributed by atoms with E-state index in [1.165, 1.54) is 0 Å². The van der Waals surface area contributed by atoms with Gasteiger partial charge in [-0.05, 0) is 58.1 Å². The Morgan fingerprint density at radius 1 is 1.23 bits per heavy atom. The zero-order chi connectivity index (χ0) is 28.5. The van der Waals surface area contributed by atoms with Crippen LogP contribution < -0.4 is 15.4 Å². The van der Waals surface area contributed by atoms with Crippen LogP contribution in [0.3, 0.4) is 0 Å². The number of likely N-dealkylation sites (N-methyl/N-ethyl adjacent to an activating group) is 1. The first kappa shape index (κ1) is 28.6. The molecule has 0 bridgehead atoms. The lowest BCUT2D eigenvalue weighted by atomic mass is 9.89. The second-order valence-corrected chi connectivity index (χ2v) is 10.8. The van der Waals surface area contributed by atoms with Gasteiger partial charge in [-0.15, -0.1) is 0 Å². The summed E-state index contributed by atoms with van der Waals surface area (Å²) in [5.41, 5.74) is 9.56. The predicted octanol–water partition coefficient (Wildman–Crippen LogP) is 6.02. The molecule has 0 aliphatic carbocycles. The molecule has 0 amide bonds. The van der Waals surface area contributed by atoms with Crippen molar-refractivity contribution < 1.29 is 4.74 Å². The topological polar surface area (TPSA) is 115 Å². The lowest BCUT2D eigenvalue weighted by Crippen LogP contribution is -2.69. The molecule has 1 fully saturated rings. The van der Waals surface area contributed by atoms with Gasteiger partial charge in [0.2, 0.25) is 0 Å². The van der Waals surface area contributed by atoms with Crippen LogP contribution in [0.5, 0.6) is 5.75 Å². The Hall–Kier alpha value is -3.38. The fourth-order valence-electron chi connectivity index (χ4n) is 5.24. The van der Waals surface area contributed by atoms with E-state index in [2.05, 4.69) is 46.6 Å². The highest BCUT2D eigenvalue weighted by Crippen LogP contribution is 2.36. The number of nitrogens with two attached hydrogens (primary N) is 1. The smallest absolute Gasteiger partial charge is 0.146 e. The number of nitrogens with one attached hydrogen (secondary N) is 1. The van der Waals surface area contributed by atoms with Gasteiger partial charge in [-0.1, -0.05) is 37.0 Å². The van der Waals surface area contributed by atoms with E-state index >= 15 is 0 Å². The molecular formula is C29H33Cl2N7O. The summed E-state index contributed by atoms with van der Waals surface area (Å²) >= 11 is 12.8. The first-order valence-electron chi connectivity index (χ1n) is 12.9. The third-order valence-electron chi connectivity index (χ3n) is 7.36. The first-order valence-corrected chi connectivity index (χ1v) is 13.6. The zero-order valence-electron chi connectivity index (χ0n) is 22.8. The van der Waals surface area contributed by atoms with E-state index in [-0.39, 0.29) is 11.3 Å². The van der Waals surface area contributed by atoms with Gasteiger partial charge in [-0.2, -0.15) is 5.26 Å². The number of hydrogen-bond donors (Lipinski definition) is 2. The Morgan fingerprint density at radius 3 is 2.56 bits per heavy atom. The molecule has 10 heteroatoms. The average molecular weight is 567 g/mol. The summed E-state index contributed by atoms with van der Waals surface area (Å²) in [4.78, 5) is 13.3. The number of aryl methyl sites for hydroxylation is 1. The second-order valence-electron chi connectivity index (χ2n) is 10.0. The van der Waals surface area contributed by atoms with E-state index in [9.17, 15) is 5.26 Å². The monoisotopic (exact) mass is 565 g/mol. The average Bonchev–Trinajstić information content (AvgIpc) is 2.90. The summed E-state index contributed by atoms with van der Waals surface area (Å²) in [5, 5.41) is 19.6. The van der Waals surface area contributed by atoms with E-state index in [0.717, 1.165) is 26.2 Å². The number of nitrogen functional groups attached to an aromatic ring is 1. The van der Waals surface area contributed by atoms with E-state index in [0.29, 0.717) is 55.2 Å².